The minimum atomic E-state index is -1.07. The molecule has 6 heteroatoms. The lowest BCUT2D eigenvalue weighted by atomic mass is 9.81. The lowest BCUT2D eigenvalue weighted by Gasteiger charge is -2.36. The molecule has 0 aliphatic heterocycles. The summed E-state index contributed by atoms with van der Waals surface area (Å²) in [5, 5.41) is 11.6. The Balaban J connectivity index is 1.90. The summed E-state index contributed by atoms with van der Waals surface area (Å²) in [5.41, 5.74) is 5.52. The van der Waals surface area contributed by atoms with E-state index in [1.165, 1.54) is 0 Å². The molecule has 0 aromatic rings. The molecule has 2 aliphatic rings. The van der Waals surface area contributed by atoms with Crippen molar-refractivity contribution in [3.05, 3.63) is 0 Å². The minimum Gasteiger partial charge on any atom is -0.481 e. The van der Waals surface area contributed by atoms with Crippen LogP contribution in [-0.2, 0) is 14.3 Å². The first kappa shape index (κ1) is 18.2. The third-order valence-electron chi connectivity index (χ3n) is 5.33. The van der Waals surface area contributed by atoms with Crippen LogP contribution in [-0.4, -0.2) is 41.3 Å². The Morgan fingerprint density at radius 2 is 1.70 bits per heavy atom. The number of carboxylic acids is 1. The largest absolute Gasteiger partial charge is 0.481 e. The van der Waals surface area contributed by atoms with Gasteiger partial charge in [0.2, 0.25) is 5.91 Å². The molecular formula is C17H30N2O4. The number of rotatable bonds is 7. The van der Waals surface area contributed by atoms with Crippen LogP contribution in [0.3, 0.4) is 0 Å². The number of nitrogens with two attached hydrogens (primary N) is 1. The Kier molecular flexibility index (Phi) is 4.79. The molecule has 2 saturated carbocycles. The molecule has 1 amide bonds. The summed E-state index contributed by atoms with van der Waals surface area (Å²) >= 11 is 0. The fraction of sp³-hybridized carbons (Fsp3) is 0.882. The highest BCUT2D eigenvalue weighted by molar-refractivity contribution is 5.86. The molecule has 0 aromatic heterocycles. The molecule has 2 aliphatic carbocycles. The topological polar surface area (TPSA) is 102 Å². The molecule has 2 fully saturated rings. The van der Waals surface area contributed by atoms with E-state index in [2.05, 4.69) is 33.0 Å². The summed E-state index contributed by atoms with van der Waals surface area (Å²) in [5.74, 6) is -1.47. The van der Waals surface area contributed by atoms with Gasteiger partial charge in [-0.05, 0) is 36.5 Å². The Morgan fingerprint density at radius 3 is 2.13 bits per heavy atom. The zero-order valence-electron chi connectivity index (χ0n) is 14.6. The number of hydrogen-bond acceptors (Lipinski definition) is 4. The van der Waals surface area contributed by atoms with Gasteiger partial charge in [0.1, 0.15) is 0 Å². The number of aliphatic carboxylic acids is 1. The number of hydrogen-bond donors (Lipinski definition) is 3. The van der Waals surface area contributed by atoms with Gasteiger partial charge in [-0.1, -0.05) is 27.7 Å². The quantitative estimate of drug-likeness (QED) is 0.660. The lowest BCUT2D eigenvalue weighted by Crippen LogP contribution is -2.50. The zero-order chi connectivity index (χ0) is 17.5. The average Bonchev–Trinajstić information content (AvgIpc) is 3.11. The summed E-state index contributed by atoms with van der Waals surface area (Å²) in [6.07, 6.45) is 3.77. The van der Waals surface area contributed by atoms with Gasteiger partial charge in [-0.3, -0.25) is 9.59 Å². The van der Waals surface area contributed by atoms with Gasteiger partial charge in [0.15, 0.2) is 0 Å². The van der Waals surface area contributed by atoms with Crippen molar-refractivity contribution in [2.24, 2.45) is 16.6 Å². The molecule has 4 N–H and O–H groups in total. The molecule has 0 saturated heterocycles. The molecule has 0 unspecified atom stereocenters. The van der Waals surface area contributed by atoms with E-state index in [9.17, 15) is 9.59 Å². The highest BCUT2D eigenvalue weighted by Gasteiger charge is 2.51. The van der Waals surface area contributed by atoms with Crippen molar-refractivity contribution in [2.75, 3.05) is 6.61 Å². The van der Waals surface area contributed by atoms with Crippen LogP contribution in [0.15, 0.2) is 0 Å². The van der Waals surface area contributed by atoms with Gasteiger partial charge in [0, 0.05) is 0 Å². The van der Waals surface area contributed by atoms with E-state index in [-0.39, 0.29) is 28.9 Å². The summed E-state index contributed by atoms with van der Waals surface area (Å²) in [6, 6.07) is -1.01. The second-order valence-electron chi connectivity index (χ2n) is 8.64. The fourth-order valence-electron chi connectivity index (χ4n) is 3.75. The maximum absolute atomic E-state index is 12.0. The van der Waals surface area contributed by atoms with Crippen LogP contribution in [0.2, 0.25) is 0 Å². The molecule has 0 spiro atoms. The number of carbonyl (C=O) groups is 2. The van der Waals surface area contributed by atoms with Crippen molar-refractivity contribution >= 4 is 11.9 Å². The van der Waals surface area contributed by atoms with Crippen molar-refractivity contribution < 1.29 is 19.4 Å². The zero-order valence-corrected chi connectivity index (χ0v) is 14.6. The van der Waals surface area contributed by atoms with E-state index in [0.717, 1.165) is 25.7 Å². The van der Waals surface area contributed by atoms with Crippen LogP contribution in [0, 0.1) is 10.8 Å². The third kappa shape index (κ3) is 4.23. The van der Waals surface area contributed by atoms with Crippen molar-refractivity contribution in [1.29, 1.82) is 0 Å². The van der Waals surface area contributed by atoms with E-state index in [1.54, 1.807) is 0 Å². The number of carbonyl (C=O) groups excluding carboxylic acids is 1. The normalized spacial score (nSPS) is 25.8. The Labute approximate surface area is 138 Å². The van der Waals surface area contributed by atoms with E-state index in [4.69, 9.17) is 15.6 Å². The van der Waals surface area contributed by atoms with Crippen LogP contribution in [0.25, 0.3) is 0 Å². The maximum Gasteiger partial charge on any atom is 0.305 e. The minimum absolute atomic E-state index is 0.128. The fourth-order valence-corrected chi connectivity index (χ4v) is 3.75. The van der Waals surface area contributed by atoms with Gasteiger partial charge in [-0.25, -0.2) is 0 Å². The average molecular weight is 326 g/mol. The molecular weight excluding hydrogens is 296 g/mol. The van der Waals surface area contributed by atoms with Crippen LogP contribution in [0.5, 0.6) is 0 Å². The van der Waals surface area contributed by atoms with Crippen LogP contribution < -0.4 is 11.1 Å². The summed E-state index contributed by atoms with van der Waals surface area (Å²) < 4.78 is 6.25. The second kappa shape index (κ2) is 6.06. The molecule has 6 nitrogen and oxygen atoms in total. The molecule has 23 heavy (non-hydrogen) atoms. The van der Waals surface area contributed by atoms with Gasteiger partial charge in [-0.2, -0.15) is 0 Å². The molecule has 1 atom stereocenters. The first-order chi connectivity index (χ1) is 10.5. The van der Waals surface area contributed by atoms with Crippen molar-refractivity contribution in [2.45, 2.75) is 77.5 Å². The molecule has 0 bridgehead atoms. The van der Waals surface area contributed by atoms with Gasteiger partial charge >= 0.3 is 5.97 Å². The summed E-state index contributed by atoms with van der Waals surface area (Å²) in [6.45, 7) is 9.39. The predicted molar refractivity (Wildman–Crippen MR) is 86.9 cm³/mol. The van der Waals surface area contributed by atoms with Gasteiger partial charge in [0.05, 0.1) is 30.7 Å². The molecule has 0 heterocycles. The Morgan fingerprint density at radius 1 is 1.17 bits per heavy atom. The third-order valence-corrected chi connectivity index (χ3v) is 5.33. The summed E-state index contributed by atoms with van der Waals surface area (Å²) in [4.78, 5) is 22.7. The Bertz CT molecular complexity index is 467. The first-order valence-electron chi connectivity index (χ1n) is 8.39. The van der Waals surface area contributed by atoms with Crippen LogP contribution >= 0.6 is 0 Å². The van der Waals surface area contributed by atoms with E-state index in [1.807, 2.05) is 0 Å². The molecule has 0 radical (unpaired) electrons. The number of carboxylic acid groups (broad SMARTS) is 1. The van der Waals surface area contributed by atoms with E-state index in [0.29, 0.717) is 6.61 Å². The highest BCUT2D eigenvalue weighted by atomic mass is 16.5. The first-order valence-corrected chi connectivity index (χ1v) is 8.39. The smallest absolute Gasteiger partial charge is 0.305 e. The number of ether oxygens (including phenoxy) is 1. The molecule has 2 rings (SSSR count). The van der Waals surface area contributed by atoms with Crippen molar-refractivity contribution in [1.82, 2.24) is 5.32 Å². The van der Waals surface area contributed by atoms with Gasteiger partial charge in [0.25, 0.3) is 0 Å². The van der Waals surface area contributed by atoms with Gasteiger partial charge < -0.3 is 20.9 Å². The lowest BCUT2D eigenvalue weighted by molar-refractivity contribution is -0.139. The Hall–Kier alpha value is -1.14. The standard InChI is InChI=1S/C17H30N2O4/c1-15(2)5-6-16(3,4)14(15)23-10-17(7-8-17)19-13(22)11(18)9-12(20)21/h11,14H,5-10,18H2,1-4H3,(H,19,22)(H,20,21)/t11-/m0/s1. The molecule has 0 aromatic carbocycles. The van der Waals surface area contributed by atoms with E-state index >= 15 is 0 Å². The predicted octanol–water partition coefficient (Wildman–Crippen LogP) is 1.67. The van der Waals surface area contributed by atoms with E-state index < -0.39 is 17.9 Å². The highest BCUT2D eigenvalue weighted by Crippen LogP contribution is 2.51. The van der Waals surface area contributed by atoms with Crippen LogP contribution in [0.4, 0.5) is 0 Å². The number of nitrogens with one attached hydrogen (secondary N) is 1. The van der Waals surface area contributed by atoms with Gasteiger partial charge in [-0.15, -0.1) is 0 Å². The summed E-state index contributed by atoms with van der Waals surface area (Å²) in [7, 11) is 0. The van der Waals surface area contributed by atoms with Crippen molar-refractivity contribution in [3.63, 3.8) is 0 Å². The maximum atomic E-state index is 12.0. The molecule has 132 valence electrons. The van der Waals surface area contributed by atoms with Crippen molar-refractivity contribution in [3.8, 4) is 0 Å². The second-order valence-corrected chi connectivity index (χ2v) is 8.64. The van der Waals surface area contributed by atoms with Crippen LogP contribution in [0.1, 0.15) is 59.8 Å². The number of amides is 1. The SMILES string of the molecule is CC1(C)CCC(C)(C)C1OCC1(NC(=O)[C@@H](N)CC(=O)O)CC1. The monoisotopic (exact) mass is 326 g/mol.